The molecule has 1 atom stereocenters. The smallest absolute Gasteiger partial charge is 0.350 e. The van der Waals surface area contributed by atoms with Gasteiger partial charge in [0, 0.05) is 41.5 Å². The molecule has 2 aliphatic rings. The fraction of sp³-hybridized carbons (Fsp3) is 0.286. The van der Waals surface area contributed by atoms with E-state index in [1.165, 1.54) is 46.8 Å². The quantitative estimate of drug-likeness (QED) is 0.196. The van der Waals surface area contributed by atoms with Crippen LogP contribution < -0.4 is 5.32 Å². The summed E-state index contributed by atoms with van der Waals surface area (Å²) in [7, 11) is -8.20. The molecule has 1 N–H and O–H groups in total. The molecule has 1 spiro atoms. The van der Waals surface area contributed by atoms with E-state index in [9.17, 15) is 35.3 Å². The molecule has 15 heteroatoms. The van der Waals surface area contributed by atoms with Crippen LogP contribution in [-0.2, 0) is 26.2 Å². The average molecular weight is 721 g/mol. The predicted octanol–water partition coefficient (Wildman–Crippen LogP) is 6.72. The zero-order valence-corrected chi connectivity index (χ0v) is 28.4. The monoisotopic (exact) mass is 720 g/mol. The van der Waals surface area contributed by atoms with E-state index in [-0.39, 0.29) is 44.3 Å². The van der Waals surface area contributed by atoms with Crippen LogP contribution in [0.5, 0.6) is 0 Å². The molecule has 3 heterocycles. The number of hydrogen-bond donors (Lipinski definition) is 1. The van der Waals surface area contributed by atoms with E-state index in [1.807, 2.05) is 13.0 Å². The first kappa shape index (κ1) is 33.7. The molecule has 0 bridgehead atoms. The third-order valence-corrected chi connectivity index (χ3v) is 13.3. The molecule has 10 nitrogen and oxygen atoms in total. The number of sulfonamides is 1. The molecule has 0 radical (unpaired) electrons. The number of anilines is 1. The number of alkyl halides is 3. The van der Waals surface area contributed by atoms with Gasteiger partial charge in [0.1, 0.15) is 5.56 Å². The molecular formula is C35H31F3N6O4S2. The minimum absolute atomic E-state index is 0.000759. The fourth-order valence-electron chi connectivity index (χ4n) is 6.85. The Balaban J connectivity index is 1.30. The number of rotatable bonds is 7. The maximum absolute atomic E-state index is 14.5. The first-order chi connectivity index (χ1) is 23.7. The number of nitrogens with one attached hydrogen (secondary N) is 1. The Morgan fingerprint density at radius 3 is 2.28 bits per heavy atom. The van der Waals surface area contributed by atoms with E-state index in [1.54, 1.807) is 30.3 Å². The highest BCUT2D eigenvalue weighted by molar-refractivity contribution is 7.90. The van der Waals surface area contributed by atoms with Crippen molar-refractivity contribution in [3.8, 4) is 17.3 Å². The highest BCUT2D eigenvalue weighted by atomic mass is 32.2. The minimum atomic E-state index is -4.91. The Bertz CT molecular complexity index is 2370. The largest absolute Gasteiger partial charge is 0.419 e. The first-order valence-electron chi connectivity index (χ1n) is 15.9. The number of fused-ring (bicyclic) bond motifs is 1. The molecule has 1 aliphatic heterocycles. The van der Waals surface area contributed by atoms with Crippen molar-refractivity contribution in [2.24, 2.45) is 0 Å². The van der Waals surface area contributed by atoms with Crippen LogP contribution in [0.3, 0.4) is 0 Å². The van der Waals surface area contributed by atoms with Crippen LogP contribution >= 0.6 is 0 Å². The number of hydrogen-bond acceptors (Lipinski definition) is 8. The molecule has 7 rings (SSSR count). The summed E-state index contributed by atoms with van der Waals surface area (Å²) in [4.78, 5) is 8.36. The number of nitrogens with zero attached hydrogens (tertiary/aromatic N) is 5. The van der Waals surface area contributed by atoms with E-state index in [2.05, 4.69) is 15.3 Å². The second-order valence-electron chi connectivity index (χ2n) is 12.8. The Hall–Kier alpha value is -4.78. The van der Waals surface area contributed by atoms with Crippen LogP contribution in [0.15, 0.2) is 95.0 Å². The van der Waals surface area contributed by atoms with Crippen LogP contribution in [0.25, 0.3) is 22.2 Å². The van der Waals surface area contributed by atoms with E-state index in [4.69, 9.17) is 0 Å². The summed E-state index contributed by atoms with van der Waals surface area (Å²) >= 11 is 0. The third-order valence-electron chi connectivity index (χ3n) is 9.65. The van der Waals surface area contributed by atoms with Crippen LogP contribution in [-0.4, -0.2) is 53.2 Å². The average Bonchev–Trinajstić information content (AvgIpc) is 3.47. The lowest BCUT2D eigenvalue weighted by molar-refractivity contribution is -0.137. The Kier molecular flexibility index (Phi) is 8.24. The van der Waals surface area contributed by atoms with Gasteiger partial charge in [-0.2, -0.15) is 22.7 Å². The number of benzene rings is 3. The van der Waals surface area contributed by atoms with E-state index in [0.717, 1.165) is 35.0 Å². The highest BCUT2D eigenvalue weighted by Crippen LogP contribution is 2.47. The number of nitriles is 1. The van der Waals surface area contributed by atoms with Crippen molar-refractivity contribution >= 4 is 36.9 Å². The Morgan fingerprint density at radius 1 is 0.940 bits per heavy atom. The van der Waals surface area contributed by atoms with Crippen molar-refractivity contribution in [3.05, 3.63) is 102 Å². The maximum atomic E-state index is 14.5. The van der Waals surface area contributed by atoms with Gasteiger partial charge in [-0.15, -0.1) is 0 Å². The van der Waals surface area contributed by atoms with Gasteiger partial charge in [0.25, 0.3) is 10.0 Å². The van der Waals surface area contributed by atoms with Crippen LogP contribution in [0.2, 0.25) is 0 Å². The third kappa shape index (κ3) is 5.80. The SMILES string of the molecule is Cc1ccc(S(=O)(=O)N2CC(Nc3ncc(C(F)(F)F)c(-c4cn(S(=O)(=O)c5ccccc5)c5cc(C#N)ccc45)n3)CCC23CCC3)cc1. The Labute approximate surface area is 287 Å². The summed E-state index contributed by atoms with van der Waals surface area (Å²) in [6.07, 6.45) is 0.220. The van der Waals surface area contributed by atoms with Gasteiger partial charge in [-0.05, 0) is 75.4 Å². The van der Waals surface area contributed by atoms with Crippen molar-refractivity contribution in [2.45, 2.75) is 66.6 Å². The zero-order valence-electron chi connectivity index (χ0n) is 26.7. The molecule has 5 aromatic rings. The lowest BCUT2D eigenvalue weighted by atomic mass is 9.71. The van der Waals surface area contributed by atoms with Crippen molar-refractivity contribution in [2.75, 3.05) is 11.9 Å². The van der Waals surface area contributed by atoms with E-state index in [0.29, 0.717) is 19.0 Å². The topological polar surface area (TPSA) is 138 Å². The highest BCUT2D eigenvalue weighted by Gasteiger charge is 2.51. The van der Waals surface area contributed by atoms with Gasteiger partial charge in [0.2, 0.25) is 16.0 Å². The zero-order chi connectivity index (χ0) is 35.5. The molecule has 2 aromatic heterocycles. The van der Waals surface area contributed by atoms with Gasteiger partial charge >= 0.3 is 6.18 Å². The second-order valence-corrected chi connectivity index (χ2v) is 16.4. The molecule has 1 aliphatic carbocycles. The maximum Gasteiger partial charge on any atom is 0.419 e. The van der Waals surface area contributed by atoms with Crippen LogP contribution in [0.1, 0.15) is 48.8 Å². The molecule has 2 fully saturated rings. The number of aryl methyl sites for hydroxylation is 1. The van der Waals surface area contributed by atoms with Gasteiger partial charge in [0.05, 0.1) is 32.6 Å². The van der Waals surface area contributed by atoms with Crippen LogP contribution in [0, 0.1) is 18.3 Å². The first-order valence-corrected chi connectivity index (χ1v) is 18.8. The summed E-state index contributed by atoms with van der Waals surface area (Å²) in [6, 6.07) is 19.5. The van der Waals surface area contributed by atoms with Crippen molar-refractivity contribution in [1.29, 1.82) is 5.26 Å². The van der Waals surface area contributed by atoms with Crippen molar-refractivity contribution in [3.63, 3.8) is 0 Å². The standard InChI is InChI=1S/C35H31F3N6O4S2/c1-23-8-11-27(12-9-23)50(47,48)44-21-25(14-17-34(44)15-5-16-34)41-33-40-20-30(35(36,37)38)32(42-33)29-22-43(31-18-24(19-39)10-13-28(29)31)49(45,46)26-6-3-2-4-7-26/h2-4,6-13,18,20,22,25H,5,14-17,21H2,1H3,(H,40,41,42). The van der Waals surface area contributed by atoms with E-state index >= 15 is 0 Å². The van der Waals surface area contributed by atoms with Gasteiger partial charge in [-0.3, -0.25) is 0 Å². The summed E-state index contributed by atoms with van der Waals surface area (Å²) < 4.78 is 101. The van der Waals surface area contributed by atoms with Crippen LogP contribution in [0.4, 0.5) is 19.1 Å². The summed E-state index contributed by atoms with van der Waals surface area (Å²) in [5.74, 6) is -0.171. The molecule has 258 valence electrons. The minimum Gasteiger partial charge on any atom is -0.350 e. The molecule has 1 saturated carbocycles. The van der Waals surface area contributed by atoms with Gasteiger partial charge in [0.15, 0.2) is 0 Å². The molecule has 0 amide bonds. The molecule has 50 heavy (non-hydrogen) atoms. The van der Waals surface area contributed by atoms with Crippen molar-refractivity contribution in [1.82, 2.24) is 18.2 Å². The van der Waals surface area contributed by atoms with Gasteiger partial charge < -0.3 is 5.32 Å². The number of piperidine rings is 1. The molecule has 1 saturated heterocycles. The summed E-state index contributed by atoms with van der Waals surface area (Å²) in [5, 5.41) is 12.8. The van der Waals surface area contributed by atoms with Gasteiger partial charge in [-0.25, -0.2) is 30.8 Å². The second kappa shape index (κ2) is 12.2. The fourth-order valence-corrected chi connectivity index (χ4v) is 10.1. The lowest BCUT2D eigenvalue weighted by Crippen LogP contribution is -2.62. The normalized spacial score (nSPS) is 18.1. The van der Waals surface area contributed by atoms with Gasteiger partial charge in [-0.1, -0.05) is 42.0 Å². The summed E-state index contributed by atoms with van der Waals surface area (Å²) in [5.41, 5.74) is -1.39. The molecular weight excluding hydrogens is 690 g/mol. The molecule has 3 aromatic carbocycles. The predicted molar refractivity (Wildman–Crippen MR) is 180 cm³/mol. The lowest BCUT2D eigenvalue weighted by Gasteiger charge is -2.53. The molecule has 1 unspecified atom stereocenters. The van der Waals surface area contributed by atoms with Crippen molar-refractivity contribution < 1.29 is 30.0 Å². The number of halogens is 3. The summed E-state index contributed by atoms with van der Waals surface area (Å²) in [6.45, 7) is 1.92. The Morgan fingerprint density at radius 2 is 1.64 bits per heavy atom. The number of aromatic nitrogens is 3. The van der Waals surface area contributed by atoms with E-state index < -0.39 is 49.1 Å².